The Morgan fingerprint density at radius 3 is 1.76 bits per heavy atom. The third kappa shape index (κ3) is 5.02. The molecule has 0 saturated heterocycles. The lowest BCUT2D eigenvalue weighted by molar-refractivity contribution is 0.661. The second-order valence-corrected chi connectivity index (χ2v) is 15.4. The van der Waals surface area contributed by atoms with Gasteiger partial charge in [-0.25, -0.2) is 9.97 Å². The lowest BCUT2D eigenvalue weighted by Crippen LogP contribution is -2.14. The summed E-state index contributed by atoms with van der Waals surface area (Å²) in [6, 6.07) is 66.0. The van der Waals surface area contributed by atoms with Crippen molar-refractivity contribution in [2.24, 2.45) is 0 Å². The molecule has 0 fully saturated rings. The molecule has 1 aromatic heterocycles. The van der Waals surface area contributed by atoms with Crippen molar-refractivity contribution in [3.05, 3.63) is 193 Å². The van der Waals surface area contributed by atoms with Crippen LogP contribution in [0.5, 0.6) is 0 Å². The van der Waals surface area contributed by atoms with Gasteiger partial charge in [0.25, 0.3) is 0 Å². The summed E-state index contributed by atoms with van der Waals surface area (Å²) in [5.74, 6) is 0.723. The van der Waals surface area contributed by atoms with E-state index in [1.165, 1.54) is 76.5 Å². The number of fused-ring (bicyclic) bond motifs is 9. The van der Waals surface area contributed by atoms with Gasteiger partial charge in [0.05, 0.1) is 11.4 Å². The van der Waals surface area contributed by atoms with E-state index < -0.39 is 0 Å². The molecule has 0 aliphatic heterocycles. The number of hydrogen-bond donors (Lipinski definition) is 0. The average Bonchev–Trinajstić information content (AvgIpc) is 3.47. The van der Waals surface area contributed by atoms with Crippen molar-refractivity contribution in [2.75, 3.05) is 0 Å². The summed E-state index contributed by atoms with van der Waals surface area (Å²) in [5, 5.41) is 10.2. The van der Waals surface area contributed by atoms with Gasteiger partial charge < -0.3 is 0 Å². The summed E-state index contributed by atoms with van der Waals surface area (Å²) in [6.45, 7) is 4.69. The van der Waals surface area contributed by atoms with Gasteiger partial charge in [-0.2, -0.15) is 0 Å². The van der Waals surface area contributed by atoms with Crippen molar-refractivity contribution in [2.45, 2.75) is 19.3 Å². The molecule has 11 rings (SSSR count). The minimum atomic E-state index is -0.136. The Morgan fingerprint density at radius 2 is 0.964 bits per heavy atom. The number of benzene rings is 9. The highest BCUT2D eigenvalue weighted by Gasteiger charge is 2.37. The van der Waals surface area contributed by atoms with E-state index in [2.05, 4.69) is 190 Å². The monoisotopic (exact) mass is 700 g/mol. The molecule has 0 radical (unpaired) electrons. The van der Waals surface area contributed by atoms with Crippen LogP contribution in [-0.2, 0) is 5.41 Å². The zero-order valence-electron chi connectivity index (χ0n) is 30.7. The predicted octanol–water partition coefficient (Wildman–Crippen LogP) is 14.1. The molecule has 0 unspecified atom stereocenters. The van der Waals surface area contributed by atoms with Crippen molar-refractivity contribution in [3.63, 3.8) is 0 Å². The van der Waals surface area contributed by atoms with Crippen LogP contribution in [0, 0.1) is 0 Å². The SMILES string of the molecule is CC1(C)c2cc3ccccc3cc2-c2c(-c3cc(-c4ccc(-c5ccc6c(ccc7c8ccccc8ccc67)c5)cc4)nc(-c4ccccc4)n3)cccc21. The van der Waals surface area contributed by atoms with Gasteiger partial charge in [-0.3, -0.25) is 0 Å². The molecule has 1 aliphatic rings. The third-order valence-corrected chi connectivity index (χ3v) is 11.9. The van der Waals surface area contributed by atoms with Crippen LogP contribution in [0.15, 0.2) is 182 Å². The van der Waals surface area contributed by atoms with Crippen LogP contribution < -0.4 is 0 Å². The molecule has 0 amide bonds. The Balaban J connectivity index is 1.02. The van der Waals surface area contributed by atoms with E-state index in [-0.39, 0.29) is 5.41 Å². The molecule has 1 aliphatic carbocycles. The smallest absolute Gasteiger partial charge is 0.160 e. The Kier molecular flexibility index (Phi) is 6.93. The van der Waals surface area contributed by atoms with Crippen LogP contribution in [-0.4, -0.2) is 9.97 Å². The van der Waals surface area contributed by atoms with Crippen molar-refractivity contribution < 1.29 is 0 Å². The molecule has 0 spiro atoms. The van der Waals surface area contributed by atoms with Gasteiger partial charge in [-0.1, -0.05) is 172 Å². The zero-order valence-corrected chi connectivity index (χ0v) is 30.7. The van der Waals surface area contributed by atoms with Crippen LogP contribution >= 0.6 is 0 Å². The molecule has 55 heavy (non-hydrogen) atoms. The maximum Gasteiger partial charge on any atom is 0.160 e. The summed E-state index contributed by atoms with van der Waals surface area (Å²) in [7, 11) is 0. The fourth-order valence-electron chi connectivity index (χ4n) is 8.98. The molecule has 0 N–H and O–H groups in total. The van der Waals surface area contributed by atoms with E-state index in [4.69, 9.17) is 9.97 Å². The van der Waals surface area contributed by atoms with Crippen molar-refractivity contribution in [1.82, 2.24) is 9.97 Å². The summed E-state index contributed by atoms with van der Waals surface area (Å²) in [4.78, 5) is 10.5. The maximum atomic E-state index is 5.28. The fraction of sp³-hybridized carbons (Fsp3) is 0.0566. The van der Waals surface area contributed by atoms with Gasteiger partial charge in [-0.05, 0) is 101 Å². The van der Waals surface area contributed by atoms with Gasteiger partial charge in [0.1, 0.15) is 0 Å². The average molecular weight is 701 g/mol. The predicted molar refractivity (Wildman–Crippen MR) is 231 cm³/mol. The second-order valence-electron chi connectivity index (χ2n) is 15.4. The van der Waals surface area contributed by atoms with Crippen LogP contribution in [0.3, 0.4) is 0 Å². The van der Waals surface area contributed by atoms with Crippen LogP contribution in [0.4, 0.5) is 0 Å². The molecule has 10 aromatic rings. The van der Waals surface area contributed by atoms with Crippen LogP contribution in [0.25, 0.3) is 99.2 Å². The fourth-order valence-corrected chi connectivity index (χ4v) is 8.98. The molecule has 0 saturated carbocycles. The first-order valence-corrected chi connectivity index (χ1v) is 19.1. The first-order chi connectivity index (χ1) is 27.0. The molecule has 9 aromatic carbocycles. The summed E-state index contributed by atoms with van der Waals surface area (Å²) in [6.07, 6.45) is 0. The van der Waals surface area contributed by atoms with Crippen LogP contribution in [0.2, 0.25) is 0 Å². The van der Waals surface area contributed by atoms with E-state index in [9.17, 15) is 0 Å². The number of hydrogen-bond acceptors (Lipinski definition) is 2. The Hall–Kier alpha value is -6.90. The molecular formula is C53H36N2. The number of nitrogens with zero attached hydrogens (tertiary/aromatic N) is 2. The summed E-state index contributed by atoms with van der Waals surface area (Å²) in [5.41, 5.74) is 12.5. The molecule has 2 nitrogen and oxygen atoms in total. The summed E-state index contributed by atoms with van der Waals surface area (Å²) < 4.78 is 0. The Labute approximate surface area is 320 Å². The van der Waals surface area contributed by atoms with Gasteiger partial charge in [0.15, 0.2) is 5.82 Å². The van der Waals surface area contributed by atoms with Crippen molar-refractivity contribution in [3.8, 4) is 56.2 Å². The first kappa shape index (κ1) is 31.6. The maximum absolute atomic E-state index is 5.28. The van der Waals surface area contributed by atoms with E-state index in [0.29, 0.717) is 0 Å². The summed E-state index contributed by atoms with van der Waals surface area (Å²) >= 11 is 0. The Morgan fingerprint density at radius 1 is 0.345 bits per heavy atom. The molecule has 2 heteroatoms. The van der Waals surface area contributed by atoms with Crippen molar-refractivity contribution in [1.29, 1.82) is 0 Å². The highest BCUT2D eigenvalue weighted by Crippen LogP contribution is 2.53. The standard InChI is InChI=1S/C53H36N2/c1-53(2)47-18-10-17-45(51(47)46-30-37-14-6-7-15-38(37)31-48(46)53)50-32-49(54-52(55-50)36-12-4-3-5-13-36)35-21-19-33(20-22-35)39-24-26-42-40(29-39)25-28-43-41-16-9-8-11-34(41)23-27-44(42)43/h3-32H,1-2H3. The topological polar surface area (TPSA) is 25.8 Å². The van der Waals surface area contributed by atoms with E-state index in [1.807, 2.05) is 6.07 Å². The lowest BCUT2D eigenvalue weighted by atomic mass is 9.81. The van der Waals surface area contributed by atoms with Gasteiger partial charge >= 0.3 is 0 Å². The largest absolute Gasteiger partial charge is 0.228 e. The molecule has 0 bridgehead atoms. The van der Waals surface area contributed by atoms with Gasteiger partial charge in [0, 0.05) is 22.1 Å². The number of rotatable bonds is 4. The Bertz CT molecular complexity index is 3160. The van der Waals surface area contributed by atoms with E-state index >= 15 is 0 Å². The normalized spacial score (nSPS) is 13.1. The quantitative estimate of drug-likeness (QED) is 0.171. The third-order valence-electron chi connectivity index (χ3n) is 11.9. The van der Waals surface area contributed by atoms with Gasteiger partial charge in [-0.15, -0.1) is 0 Å². The molecule has 1 heterocycles. The molecular weight excluding hydrogens is 665 g/mol. The highest BCUT2D eigenvalue weighted by atomic mass is 14.9. The second kappa shape index (κ2) is 12.1. The molecule has 0 atom stereocenters. The molecule has 258 valence electrons. The lowest BCUT2D eigenvalue weighted by Gasteiger charge is -2.22. The van der Waals surface area contributed by atoms with Crippen LogP contribution in [0.1, 0.15) is 25.0 Å². The van der Waals surface area contributed by atoms with Crippen molar-refractivity contribution >= 4 is 43.1 Å². The number of aromatic nitrogens is 2. The van der Waals surface area contributed by atoms with E-state index in [0.717, 1.165) is 33.9 Å². The van der Waals surface area contributed by atoms with E-state index in [1.54, 1.807) is 0 Å². The highest BCUT2D eigenvalue weighted by molar-refractivity contribution is 6.17. The van der Waals surface area contributed by atoms with Gasteiger partial charge in [0.2, 0.25) is 0 Å². The zero-order chi connectivity index (χ0) is 36.7. The first-order valence-electron chi connectivity index (χ1n) is 19.1. The minimum Gasteiger partial charge on any atom is -0.228 e. The minimum absolute atomic E-state index is 0.136.